The molecule has 1 heterocycles. The molecule has 208 valence electrons. The second-order valence-electron chi connectivity index (χ2n) is 11.3. The fourth-order valence-corrected chi connectivity index (χ4v) is 5.93. The van der Waals surface area contributed by atoms with Gasteiger partial charge in [0.15, 0.2) is 5.78 Å². The number of fused-ring (bicyclic) bond motifs is 5. The van der Waals surface area contributed by atoms with Crippen LogP contribution in [0.3, 0.4) is 0 Å². The topological polar surface area (TPSA) is 49.4 Å². The molecule has 0 bridgehead atoms. The van der Waals surface area contributed by atoms with Gasteiger partial charge in [-0.2, -0.15) is 0 Å². The molecular weight excluding hydrogens is 511 g/mol. The molecule has 2 unspecified atom stereocenters. The first kappa shape index (κ1) is 28.0. The summed E-state index contributed by atoms with van der Waals surface area (Å²) in [5, 5.41) is 5.07. The molecule has 5 heteroatoms. The minimum atomic E-state index is -0.611. The average molecular weight is 547 g/mol. The molecule has 0 spiro atoms. The molecule has 0 aromatic heterocycles. The van der Waals surface area contributed by atoms with Crippen LogP contribution in [-0.2, 0) is 16.6 Å². The lowest BCUT2D eigenvalue weighted by molar-refractivity contribution is -0.113. The number of hydrogen-bond donors (Lipinski definition) is 1. The Kier molecular flexibility index (Phi) is 7.89. The molecule has 0 amide bonds. The smallest absolute Gasteiger partial charge is 0.170 e. The molecule has 0 fully saturated rings. The van der Waals surface area contributed by atoms with Gasteiger partial charge in [-0.3, -0.25) is 4.79 Å². The van der Waals surface area contributed by atoms with Crippen molar-refractivity contribution in [3.8, 4) is 11.1 Å². The van der Waals surface area contributed by atoms with Crippen LogP contribution in [0.5, 0.6) is 0 Å². The van der Waals surface area contributed by atoms with Crippen molar-refractivity contribution in [2.75, 3.05) is 19.0 Å². The van der Waals surface area contributed by atoms with E-state index in [-0.39, 0.29) is 11.6 Å². The van der Waals surface area contributed by atoms with Gasteiger partial charge in [-0.15, -0.1) is 0 Å². The fourth-order valence-electron chi connectivity index (χ4n) is 5.93. The number of rotatable bonds is 4. The summed E-state index contributed by atoms with van der Waals surface area (Å²) >= 11 is 0. The normalized spacial score (nSPS) is 19.0. The largest absolute Gasteiger partial charge is 0.378 e. The summed E-state index contributed by atoms with van der Waals surface area (Å²) in [5.74, 6) is -1.66. The predicted octanol–water partition coefficient (Wildman–Crippen LogP) is 5.45. The van der Waals surface area contributed by atoms with Gasteiger partial charge in [-0.05, 0) is 87.7 Å². The standard InChI is InChI=1S/C30H28FNO2.C6H7N/c1-30(2)27-14-13-22-23(12-8-18-7-11-21(32(3)4)15-24(18)22)25(27)16-26(28(30)17-33)29(34)19-5-9-20(31)10-6-19;1-2-4-6-7-5-3-1/h5-7,9-17,26,28H,8H2,1-4H3;1-7H. The third-order valence-corrected chi connectivity index (χ3v) is 8.27. The zero-order chi connectivity index (χ0) is 29.1. The number of benzene rings is 3. The van der Waals surface area contributed by atoms with Crippen molar-refractivity contribution in [2.45, 2.75) is 25.7 Å². The Hall–Kier alpha value is -4.51. The summed E-state index contributed by atoms with van der Waals surface area (Å²) in [7, 11) is 4.07. The molecule has 3 aromatic rings. The highest BCUT2D eigenvalue weighted by Crippen LogP contribution is 2.39. The summed E-state index contributed by atoms with van der Waals surface area (Å²) in [6, 6.07) is 16.4. The summed E-state index contributed by atoms with van der Waals surface area (Å²) in [6.45, 7) is 4.08. The van der Waals surface area contributed by atoms with Gasteiger partial charge in [-0.1, -0.05) is 56.4 Å². The molecule has 4 nitrogen and oxygen atoms in total. The van der Waals surface area contributed by atoms with Crippen LogP contribution in [0.4, 0.5) is 10.1 Å². The maximum absolute atomic E-state index is 13.5. The summed E-state index contributed by atoms with van der Waals surface area (Å²) in [5.41, 5.74) is 5.74. The maximum Gasteiger partial charge on any atom is 0.170 e. The van der Waals surface area contributed by atoms with Crippen LogP contribution in [0.2, 0.25) is 0 Å². The van der Waals surface area contributed by atoms with Crippen LogP contribution < -0.4 is 20.7 Å². The molecule has 2 aliphatic carbocycles. The van der Waals surface area contributed by atoms with Gasteiger partial charge >= 0.3 is 0 Å². The number of nitrogens with one attached hydrogen (secondary N) is 1. The number of hydrogen-bond acceptors (Lipinski definition) is 4. The Balaban J connectivity index is 0.000000423. The molecule has 1 N–H and O–H groups in total. The van der Waals surface area contributed by atoms with Crippen molar-refractivity contribution in [3.63, 3.8) is 0 Å². The van der Waals surface area contributed by atoms with E-state index in [1.165, 1.54) is 35.4 Å². The molecule has 6 rings (SSSR count). The van der Waals surface area contributed by atoms with Crippen LogP contribution in [0.1, 0.15) is 35.3 Å². The summed E-state index contributed by atoms with van der Waals surface area (Å²) in [6.07, 6.45) is 17.5. The minimum absolute atomic E-state index is 0.153. The molecule has 0 saturated heterocycles. The van der Waals surface area contributed by atoms with Gasteiger partial charge in [0.25, 0.3) is 0 Å². The van der Waals surface area contributed by atoms with Gasteiger partial charge in [0.1, 0.15) is 12.1 Å². The highest BCUT2D eigenvalue weighted by atomic mass is 19.1. The van der Waals surface area contributed by atoms with Crippen LogP contribution >= 0.6 is 0 Å². The zero-order valence-corrected chi connectivity index (χ0v) is 23.9. The fraction of sp³-hybridized carbons (Fsp3) is 0.222. The Bertz CT molecular complexity index is 1680. The first-order chi connectivity index (χ1) is 19.7. The summed E-state index contributed by atoms with van der Waals surface area (Å²) in [4.78, 5) is 27.9. The first-order valence-corrected chi connectivity index (χ1v) is 13.9. The third-order valence-electron chi connectivity index (χ3n) is 8.27. The highest BCUT2D eigenvalue weighted by Gasteiger charge is 2.43. The van der Waals surface area contributed by atoms with Crippen molar-refractivity contribution >= 4 is 29.9 Å². The number of allylic oxidation sites excluding steroid dienone is 4. The molecule has 41 heavy (non-hydrogen) atoms. The van der Waals surface area contributed by atoms with E-state index < -0.39 is 17.3 Å². The number of carbonyl (C=O) groups excluding carboxylic acids is 2. The first-order valence-electron chi connectivity index (χ1n) is 13.9. The lowest BCUT2D eigenvalue weighted by Gasteiger charge is -2.39. The minimum Gasteiger partial charge on any atom is -0.378 e. The van der Waals surface area contributed by atoms with Crippen LogP contribution in [0, 0.1) is 17.7 Å². The van der Waals surface area contributed by atoms with E-state index in [1.807, 2.05) is 70.7 Å². The van der Waals surface area contributed by atoms with E-state index in [1.54, 1.807) is 0 Å². The van der Waals surface area contributed by atoms with Gasteiger partial charge in [0.05, 0.1) is 5.92 Å². The van der Waals surface area contributed by atoms with Crippen LogP contribution in [-0.4, -0.2) is 26.2 Å². The Morgan fingerprint density at radius 2 is 1.63 bits per heavy atom. The third kappa shape index (κ3) is 5.45. The number of anilines is 1. The zero-order valence-electron chi connectivity index (χ0n) is 23.9. The Morgan fingerprint density at radius 1 is 0.927 bits per heavy atom. The molecular formula is C36H35FN2O2. The van der Waals surface area contributed by atoms with Crippen molar-refractivity contribution in [3.05, 3.63) is 124 Å². The lowest BCUT2D eigenvalue weighted by Crippen LogP contribution is -2.49. The highest BCUT2D eigenvalue weighted by molar-refractivity contribution is 6.03. The molecule has 3 aromatic carbocycles. The van der Waals surface area contributed by atoms with E-state index in [9.17, 15) is 14.0 Å². The maximum atomic E-state index is 13.5. The number of nitrogens with zero attached hydrogens (tertiary/aromatic N) is 1. The molecule has 1 aliphatic heterocycles. The monoisotopic (exact) mass is 546 g/mol. The number of Topliss-reactive ketones (excluding diaryl/α,β-unsaturated/α-hetero) is 1. The molecule has 3 aliphatic rings. The van der Waals surface area contributed by atoms with E-state index in [4.69, 9.17) is 0 Å². The molecule has 0 radical (unpaired) electrons. The van der Waals surface area contributed by atoms with Gasteiger partial charge < -0.3 is 15.0 Å². The van der Waals surface area contributed by atoms with Crippen molar-refractivity contribution in [1.82, 2.24) is 5.32 Å². The van der Waals surface area contributed by atoms with Crippen LogP contribution in [0.15, 0.2) is 91.3 Å². The molecule has 2 atom stereocenters. The number of aldehydes is 1. The number of ketones is 1. The Morgan fingerprint density at radius 3 is 2.29 bits per heavy atom. The lowest BCUT2D eigenvalue weighted by atomic mass is 9.62. The SMILES string of the molecule is C1=CC=CNC=C1.CN(C)c1ccc2c(c1)-c1ccc3c(c1=CC2)=CC(C(=O)c1ccc(F)cc1)C(C=O)C3(C)C. The number of carbonyl (C=O) groups is 2. The quantitative estimate of drug-likeness (QED) is 0.349. The van der Waals surface area contributed by atoms with Gasteiger partial charge in [0.2, 0.25) is 0 Å². The van der Waals surface area contributed by atoms with E-state index in [0.29, 0.717) is 5.56 Å². The number of halogens is 1. The molecule has 0 saturated carbocycles. The predicted molar refractivity (Wildman–Crippen MR) is 165 cm³/mol. The second kappa shape index (κ2) is 11.5. The Labute approximate surface area is 240 Å². The van der Waals surface area contributed by atoms with Crippen molar-refractivity contribution in [2.24, 2.45) is 11.8 Å². The van der Waals surface area contributed by atoms with Gasteiger partial charge in [-0.25, -0.2) is 4.39 Å². The summed E-state index contributed by atoms with van der Waals surface area (Å²) < 4.78 is 13.5. The van der Waals surface area contributed by atoms with E-state index in [2.05, 4.69) is 46.6 Å². The average Bonchev–Trinajstić information content (AvgIpc) is 3.30. The van der Waals surface area contributed by atoms with E-state index in [0.717, 1.165) is 40.0 Å². The second-order valence-corrected chi connectivity index (χ2v) is 11.3. The van der Waals surface area contributed by atoms with Gasteiger partial charge in [0, 0.05) is 49.1 Å². The van der Waals surface area contributed by atoms with Crippen molar-refractivity contribution in [1.29, 1.82) is 0 Å². The van der Waals surface area contributed by atoms with E-state index >= 15 is 0 Å². The van der Waals surface area contributed by atoms with Crippen LogP contribution in [0.25, 0.3) is 23.3 Å². The van der Waals surface area contributed by atoms with Crippen molar-refractivity contribution < 1.29 is 14.0 Å².